The molecule has 0 radical (unpaired) electrons. The Bertz CT molecular complexity index is 1630. The fourth-order valence-electron chi connectivity index (χ4n) is 5.17. The summed E-state index contributed by atoms with van der Waals surface area (Å²) < 4.78 is 0. The van der Waals surface area contributed by atoms with Crippen LogP contribution in [0.4, 0.5) is 0 Å². The van der Waals surface area contributed by atoms with Crippen LogP contribution in [0.3, 0.4) is 0 Å². The number of nitrogens with two attached hydrogens (primary N) is 3. The van der Waals surface area contributed by atoms with Crippen molar-refractivity contribution in [2.45, 2.75) is 89.6 Å². The van der Waals surface area contributed by atoms with Crippen molar-refractivity contribution in [3.05, 3.63) is 29.8 Å². The monoisotopic (exact) mass is 869 g/mol. The van der Waals surface area contributed by atoms with Crippen LogP contribution in [-0.4, -0.2) is 131 Å². The predicted molar refractivity (Wildman–Crippen MR) is 225 cm³/mol. The molecule has 23 heteroatoms. The third kappa shape index (κ3) is 19.3. The van der Waals surface area contributed by atoms with E-state index in [0.717, 1.165) is 0 Å². The molecule has 1 aromatic rings. The van der Waals surface area contributed by atoms with E-state index >= 15 is 0 Å². The quantitative estimate of drug-likeness (QED) is 0.0187. The first-order valence-corrected chi connectivity index (χ1v) is 20.1. The molecule has 0 aliphatic carbocycles. The Morgan fingerprint density at radius 1 is 0.712 bits per heavy atom. The van der Waals surface area contributed by atoms with Gasteiger partial charge in [0.1, 0.15) is 36.0 Å². The molecule has 0 aliphatic rings. The Labute approximate surface area is 353 Å². The number of carbonyl (C=O) groups is 8. The topological polar surface area (TPSA) is 352 Å². The fraction of sp³-hybridized carbons (Fsp3) is 0.583. The molecule has 7 amide bonds. The largest absolute Gasteiger partial charge is 0.508 e. The van der Waals surface area contributed by atoms with Gasteiger partial charge in [0, 0.05) is 24.5 Å². The highest BCUT2D eigenvalue weighted by Crippen LogP contribution is 2.14. The smallest absolute Gasteiger partial charge is 0.327 e. The number of hydrogen-bond donors (Lipinski definition) is 14. The molecule has 0 bridgehead atoms. The molecule has 21 nitrogen and oxygen atoms in total. The van der Waals surface area contributed by atoms with E-state index in [-0.39, 0.29) is 49.0 Å². The molecule has 0 spiro atoms. The highest BCUT2D eigenvalue weighted by Gasteiger charge is 2.34. The number of nitrogens with one attached hydrogen (secondary N) is 7. The lowest BCUT2D eigenvalue weighted by Crippen LogP contribution is -2.61. The van der Waals surface area contributed by atoms with Gasteiger partial charge in [0.15, 0.2) is 5.96 Å². The minimum Gasteiger partial charge on any atom is -0.508 e. The summed E-state index contributed by atoms with van der Waals surface area (Å²) >= 11 is 7.89. The van der Waals surface area contributed by atoms with Gasteiger partial charge in [0.05, 0.1) is 19.1 Å². The van der Waals surface area contributed by atoms with Gasteiger partial charge in [-0.1, -0.05) is 46.2 Å². The summed E-state index contributed by atoms with van der Waals surface area (Å²) in [7, 11) is 0. The lowest BCUT2D eigenvalue weighted by molar-refractivity contribution is -0.141. The number of phenolic OH excluding ortho intramolecular Hbond substituents is 1. The maximum absolute atomic E-state index is 14.0. The molecular formula is C36H59N11O10S2. The van der Waals surface area contributed by atoms with E-state index in [9.17, 15) is 43.5 Å². The summed E-state index contributed by atoms with van der Waals surface area (Å²) in [6.45, 7) is 5.75. The Hall–Kier alpha value is -5.29. The van der Waals surface area contributed by atoms with Crippen LogP contribution in [0.2, 0.25) is 0 Å². The summed E-state index contributed by atoms with van der Waals surface area (Å²) in [4.78, 5) is 107. The number of aliphatic imine (C=N–C) groups is 1. The van der Waals surface area contributed by atoms with Gasteiger partial charge in [0.2, 0.25) is 41.4 Å². The third-order valence-electron chi connectivity index (χ3n) is 8.85. The van der Waals surface area contributed by atoms with Crippen LogP contribution in [0.5, 0.6) is 5.75 Å². The second-order valence-electron chi connectivity index (χ2n) is 14.0. The molecule has 0 fully saturated rings. The molecule has 0 saturated carbocycles. The van der Waals surface area contributed by atoms with Crippen LogP contribution < -0.4 is 54.4 Å². The van der Waals surface area contributed by atoms with Crippen molar-refractivity contribution >= 4 is 78.5 Å². The molecule has 59 heavy (non-hydrogen) atoms. The van der Waals surface area contributed by atoms with Gasteiger partial charge in [-0.05, 0) is 42.4 Å². The first-order valence-electron chi connectivity index (χ1n) is 18.8. The normalized spacial score (nSPS) is 14.4. The average molecular weight is 870 g/mol. The molecule has 0 heterocycles. The number of carbonyl (C=O) groups excluding carboxylic acids is 7. The number of phenols is 1. The highest BCUT2D eigenvalue weighted by molar-refractivity contribution is 7.80. The van der Waals surface area contributed by atoms with E-state index in [0.29, 0.717) is 12.0 Å². The van der Waals surface area contributed by atoms with Gasteiger partial charge in [-0.25, -0.2) is 4.79 Å². The van der Waals surface area contributed by atoms with Crippen molar-refractivity contribution in [1.29, 1.82) is 0 Å². The molecule has 0 aromatic heterocycles. The van der Waals surface area contributed by atoms with E-state index in [1.54, 1.807) is 27.7 Å². The number of thiol groups is 2. The second kappa shape index (κ2) is 26.7. The molecule has 1 rings (SSSR count). The summed E-state index contributed by atoms with van der Waals surface area (Å²) in [5.41, 5.74) is 17.1. The number of rotatable bonds is 26. The van der Waals surface area contributed by atoms with Crippen molar-refractivity contribution in [3.8, 4) is 5.75 Å². The number of carboxylic acids is 1. The Morgan fingerprint density at radius 3 is 1.83 bits per heavy atom. The van der Waals surface area contributed by atoms with Crippen LogP contribution in [-0.2, 0) is 44.8 Å². The second-order valence-corrected chi connectivity index (χ2v) is 14.7. The molecule has 1 aromatic carbocycles. The molecular weight excluding hydrogens is 811 g/mol. The minimum absolute atomic E-state index is 0.000232. The zero-order chi connectivity index (χ0) is 44.8. The predicted octanol–water partition coefficient (Wildman–Crippen LogP) is -3.38. The molecule has 330 valence electrons. The lowest BCUT2D eigenvalue weighted by atomic mass is 9.96. The maximum Gasteiger partial charge on any atom is 0.327 e. The van der Waals surface area contributed by atoms with Crippen molar-refractivity contribution in [1.82, 2.24) is 37.2 Å². The standard InChI is InChI=1S/C36H59N11O10S2/c1-5-19(4)29(33(54)42-14-26(49)41-15-27(50)43-25(17-59)35(56)57)47-32(53)24(13-20-8-10-21(48)11-9-20)45-34(55)28(18(2)3)46-31(52)23(7-6-12-40-36(38)39)44-30(51)22(37)16-58/h8-11,18-19,22-25,28-29,48,58-59H,5-7,12-17,37H2,1-4H3,(H,41,49)(H,42,54)(H,43,50)(H,44,51)(H,45,55)(H,46,52)(H,47,53)(H,56,57)(H4,38,39,40)/t19-,22-,23-,24-,25-,28-,29-/m0/s1. The summed E-state index contributed by atoms with van der Waals surface area (Å²) in [5.74, 6) is -7.95. The van der Waals surface area contributed by atoms with Crippen molar-refractivity contribution in [2.24, 2.45) is 34.0 Å². The first kappa shape index (κ1) is 51.7. The third-order valence-corrected chi connectivity index (χ3v) is 9.60. The number of hydrogen-bond acceptors (Lipinski definition) is 13. The number of aliphatic carboxylic acids is 1. The van der Waals surface area contributed by atoms with E-state index in [1.165, 1.54) is 24.3 Å². The molecule has 15 N–H and O–H groups in total. The van der Waals surface area contributed by atoms with Gasteiger partial charge >= 0.3 is 5.97 Å². The van der Waals surface area contributed by atoms with Gasteiger partial charge in [-0.3, -0.25) is 38.6 Å². The Kier molecular flexibility index (Phi) is 23.4. The van der Waals surface area contributed by atoms with Crippen LogP contribution in [0.25, 0.3) is 0 Å². The first-order chi connectivity index (χ1) is 27.7. The Morgan fingerprint density at radius 2 is 1.29 bits per heavy atom. The maximum atomic E-state index is 14.0. The summed E-state index contributed by atoms with van der Waals surface area (Å²) in [5, 5.41) is 36.3. The van der Waals surface area contributed by atoms with Gasteiger partial charge in [-0.2, -0.15) is 25.3 Å². The van der Waals surface area contributed by atoms with Crippen molar-refractivity contribution < 1.29 is 48.6 Å². The van der Waals surface area contributed by atoms with Crippen LogP contribution in [0, 0.1) is 11.8 Å². The fourth-order valence-corrected chi connectivity index (χ4v) is 5.58. The zero-order valence-electron chi connectivity index (χ0n) is 33.5. The summed E-state index contributed by atoms with van der Waals surface area (Å²) in [6, 6.07) is -1.36. The zero-order valence-corrected chi connectivity index (χ0v) is 35.3. The summed E-state index contributed by atoms with van der Waals surface area (Å²) in [6.07, 6.45) is 0.639. The van der Waals surface area contributed by atoms with Crippen molar-refractivity contribution in [2.75, 3.05) is 31.1 Å². The van der Waals surface area contributed by atoms with E-state index in [2.05, 4.69) is 67.5 Å². The number of guanidine groups is 1. The Balaban J connectivity index is 3.25. The number of benzene rings is 1. The van der Waals surface area contributed by atoms with Crippen LogP contribution in [0.15, 0.2) is 29.3 Å². The van der Waals surface area contributed by atoms with Gasteiger partial charge in [-0.15, -0.1) is 0 Å². The number of nitrogens with zero attached hydrogens (tertiary/aromatic N) is 1. The number of aromatic hydroxyl groups is 1. The molecule has 0 unspecified atom stereocenters. The lowest BCUT2D eigenvalue weighted by Gasteiger charge is -2.29. The van der Waals surface area contributed by atoms with Crippen LogP contribution in [0.1, 0.15) is 52.5 Å². The van der Waals surface area contributed by atoms with Crippen LogP contribution >= 0.6 is 25.3 Å². The molecule has 0 aliphatic heterocycles. The number of carboxylic acid groups (broad SMARTS) is 1. The van der Waals surface area contributed by atoms with E-state index in [4.69, 9.17) is 22.3 Å². The highest BCUT2D eigenvalue weighted by atomic mass is 32.1. The van der Waals surface area contributed by atoms with E-state index in [1.807, 2.05) is 0 Å². The van der Waals surface area contributed by atoms with Crippen molar-refractivity contribution in [3.63, 3.8) is 0 Å². The van der Waals surface area contributed by atoms with Gasteiger partial charge in [0.25, 0.3) is 0 Å². The number of amides is 7. The SMILES string of the molecule is CC[C@H](C)[C@H](NC(=O)[C@H](Cc1ccc(O)cc1)NC(=O)[C@@H](NC(=O)[C@H](CCCN=C(N)N)NC(=O)[C@@H](N)CS)C(C)C)C(=O)NCC(=O)NCC(=O)N[C@@H](CS)C(=O)O. The van der Waals surface area contributed by atoms with Gasteiger partial charge < -0.3 is 64.6 Å². The van der Waals surface area contributed by atoms with E-state index < -0.39 is 108 Å². The molecule has 0 saturated heterocycles. The average Bonchev–Trinajstić information content (AvgIpc) is 3.19. The molecule has 7 atom stereocenters. The minimum atomic E-state index is -1.33.